The average molecular weight is 457 g/mol. The third-order valence-corrected chi connectivity index (χ3v) is 5.36. The summed E-state index contributed by atoms with van der Waals surface area (Å²) in [4.78, 5) is 0. The van der Waals surface area contributed by atoms with Crippen molar-refractivity contribution in [2.75, 3.05) is 19.8 Å². The first-order valence-electron chi connectivity index (χ1n) is 9.87. The molecule has 0 aliphatic carbocycles. The molecule has 0 saturated carbocycles. The molecule has 0 radical (unpaired) electrons. The smallest absolute Gasteiger partial charge is 0.187 e. The minimum absolute atomic E-state index is 0.199. The molecule has 0 bridgehead atoms. The normalized spacial score (nSPS) is 42.0. The van der Waals surface area contributed by atoms with Gasteiger partial charge in [-0.25, -0.2) is 0 Å². The highest BCUT2D eigenvalue weighted by molar-refractivity contribution is 7.80. The van der Waals surface area contributed by atoms with Gasteiger partial charge in [0, 0.05) is 6.54 Å². The highest BCUT2D eigenvalue weighted by Gasteiger charge is 2.50. The number of unbranched alkanes of at least 4 members (excludes halogenated alkanes) is 1. The Morgan fingerprint density at radius 1 is 0.900 bits per heavy atom. The highest BCUT2D eigenvalue weighted by Crippen LogP contribution is 2.28. The summed E-state index contributed by atoms with van der Waals surface area (Å²) in [5.41, 5.74) is 0. The van der Waals surface area contributed by atoms with E-state index in [4.69, 9.17) is 26.4 Å². The van der Waals surface area contributed by atoms with Gasteiger partial charge in [0.15, 0.2) is 17.6 Å². The van der Waals surface area contributed by atoms with Crippen LogP contribution < -0.4 is 10.6 Å². The van der Waals surface area contributed by atoms with Crippen molar-refractivity contribution in [3.05, 3.63) is 0 Å². The van der Waals surface area contributed by atoms with E-state index in [0.29, 0.717) is 6.54 Å². The van der Waals surface area contributed by atoms with Crippen LogP contribution in [-0.4, -0.2) is 122 Å². The lowest BCUT2D eigenvalue weighted by atomic mass is 9.96. The first-order valence-corrected chi connectivity index (χ1v) is 10.3. The summed E-state index contributed by atoms with van der Waals surface area (Å²) in [5, 5.41) is 75.5. The molecule has 0 amide bonds. The molecule has 0 aromatic carbocycles. The Morgan fingerprint density at radius 2 is 1.57 bits per heavy atom. The summed E-state index contributed by atoms with van der Waals surface area (Å²) >= 11 is 5.12. The van der Waals surface area contributed by atoms with E-state index in [1.807, 2.05) is 6.92 Å². The first kappa shape index (κ1) is 25.5. The van der Waals surface area contributed by atoms with E-state index in [1.165, 1.54) is 0 Å². The fraction of sp³-hybridized carbons (Fsp3) is 0.941. The summed E-state index contributed by atoms with van der Waals surface area (Å²) in [6.45, 7) is 1.36. The zero-order valence-corrected chi connectivity index (χ0v) is 17.4. The lowest BCUT2D eigenvalue weighted by Gasteiger charge is -2.46. The number of ether oxygens (including phenoxy) is 3. The topological polar surface area (TPSA) is 193 Å². The molecule has 2 rings (SSSR count). The zero-order chi connectivity index (χ0) is 22.4. The molecule has 10 atom stereocenters. The third kappa shape index (κ3) is 5.95. The predicted molar refractivity (Wildman–Crippen MR) is 105 cm³/mol. The summed E-state index contributed by atoms with van der Waals surface area (Å²) in [6.07, 6.45) is -12.7. The number of hydrogen-bond acceptors (Lipinski definition) is 11. The first-order chi connectivity index (χ1) is 14.2. The Hall–Kier alpha value is -0.710. The molecule has 176 valence electrons. The maximum atomic E-state index is 10.5. The van der Waals surface area contributed by atoms with Crippen molar-refractivity contribution in [3.63, 3.8) is 0 Å². The van der Waals surface area contributed by atoms with Crippen molar-refractivity contribution in [1.29, 1.82) is 0 Å². The summed E-state index contributed by atoms with van der Waals surface area (Å²) in [5.74, 6) is 0. The van der Waals surface area contributed by atoms with Crippen molar-refractivity contribution < 1.29 is 50.0 Å². The molecule has 0 aromatic rings. The maximum Gasteiger partial charge on any atom is 0.187 e. The van der Waals surface area contributed by atoms with Crippen LogP contribution in [0.4, 0.5) is 0 Å². The Kier molecular flexibility index (Phi) is 10.0. The molecule has 2 fully saturated rings. The Bertz CT molecular complexity index is 543. The van der Waals surface area contributed by atoms with Crippen LogP contribution in [-0.2, 0) is 14.2 Å². The van der Waals surface area contributed by atoms with E-state index < -0.39 is 74.6 Å². The molecular formula is C17H32N2O10S. The van der Waals surface area contributed by atoms with E-state index >= 15 is 0 Å². The number of thiocarbonyl (C=S) groups is 1. The summed E-state index contributed by atoms with van der Waals surface area (Å²) in [6, 6.07) is 0. The molecule has 9 N–H and O–H groups in total. The van der Waals surface area contributed by atoms with Crippen LogP contribution in [0, 0.1) is 0 Å². The standard InChI is InChI=1S/C17H32N2O10S/c1-2-3-4-18-17(30)19-15-12(25)11(24)14(8(6-21)27-15)29-16-13(26)10(23)9(22)7(5-20)28-16/h7-16,20-26H,2-6H2,1H3,(H2,18,19,30)/t7-,8-,9+,10+,11-,12-,13-,14-,15-,16+/m1/s1. The van der Waals surface area contributed by atoms with Crippen molar-refractivity contribution in [3.8, 4) is 0 Å². The second-order valence-corrected chi connectivity index (χ2v) is 7.72. The van der Waals surface area contributed by atoms with E-state index in [0.717, 1.165) is 12.8 Å². The zero-order valence-electron chi connectivity index (χ0n) is 16.6. The molecular weight excluding hydrogens is 424 g/mol. The number of aliphatic hydroxyl groups is 7. The lowest BCUT2D eigenvalue weighted by Crippen LogP contribution is -2.67. The van der Waals surface area contributed by atoms with Crippen LogP contribution in [0.25, 0.3) is 0 Å². The Morgan fingerprint density at radius 3 is 2.17 bits per heavy atom. The fourth-order valence-electron chi connectivity index (χ4n) is 3.27. The molecule has 2 aliphatic heterocycles. The van der Waals surface area contributed by atoms with E-state index in [-0.39, 0.29) is 5.11 Å². The van der Waals surface area contributed by atoms with Crippen LogP contribution in [0.1, 0.15) is 19.8 Å². The third-order valence-electron chi connectivity index (χ3n) is 5.09. The second-order valence-electron chi connectivity index (χ2n) is 7.31. The van der Waals surface area contributed by atoms with Gasteiger partial charge in [0.25, 0.3) is 0 Å². The number of aliphatic hydroxyl groups excluding tert-OH is 7. The quantitative estimate of drug-likeness (QED) is 0.126. The number of nitrogens with one attached hydrogen (secondary N) is 2. The molecule has 13 heteroatoms. The predicted octanol–water partition coefficient (Wildman–Crippen LogP) is -4.13. The van der Waals surface area contributed by atoms with Gasteiger partial charge in [0.2, 0.25) is 0 Å². The van der Waals surface area contributed by atoms with E-state index in [1.54, 1.807) is 0 Å². The van der Waals surface area contributed by atoms with Gasteiger partial charge in [-0.3, -0.25) is 0 Å². The average Bonchev–Trinajstić information content (AvgIpc) is 2.73. The van der Waals surface area contributed by atoms with Crippen molar-refractivity contribution >= 4 is 17.3 Å². The van der Waals surface area contributed by atoms with E-state index in [2.05, 4.69) is 10.6 Å². The molecule has 30 heavy (non-hydrogen) atoms. The molecule has 0 spiro atoms. The van der Waals surface area contributed by atoms with Crippen LogP contribution in [0.2, 0.25) is 0 Å². The van der Waals surface area contributed by atoms with Crippen LogP contribution in [0.3, 0.4) is 0 Å². The van der Waals surface area contributed by atoms with Gasteiger partial charge in [-0.15, -0.1) is 0 Å². The van der Waals surface area contributed by atoms with Gasteiger partial charge in [0.05, 0.1) is 13.2 Å². The van der Waals surface area contributed by atoms with Crippen molar-refractivity contribution in [2.24, 2.45) is 0 Å². The fourth-order valence-corrected chi connectivity index (χ4v) is 3.49. The van der Waals surface area contributed by atoms with Crippen LogP contribution in [0.5, 0.6) is 0 Å². The minimum atomic E-state index is -1.71. The lowest BCUT2D eigenvalue weighted by molar-refractivity contribution is -0.342. The Labute approximate surface area is 179 Å². The van der Waals surface area contributed by atoms with E-state index in [9.17, 15) is 35.7 Å². The summed E-state index contributed by atoms with van der Waals surface area (Å²) < 4.78 is 16.3. The minimum Gasteiger partial charge on any atom is -0.394 e. The van der Waals surface area contributed by atoms with Gasteiger partial charge in [-0.05, 0) is 18.6 Å². The number of rotatable bonds is 8. The van der Waals surface area contributed by atoms with Gasteiger partial charge >= 0.3 is 0 Å². The van der Waals surface area contributed by atoms with Crippen molar-refractivity contribution in [1.82, 2.24) is 10.6 Å². The Balaban J connectivity index is 2.03. The van der Waals surface area contributed by atoms with Crippen molar-refractivity contribution in [2.45, 2.75) is 81.1 Å². The number of hydrogen-bond donors (Lipinski definition) is 9. The maximum absolute atomic E-state index is 10.5. The molecule has 2 aliphatic rings. The molecule has 0 unspecified atom stereocenters. The molecule has 2 saturated heterocycles. The SMILES string of the molecule is CCCCNC(=S)N[C@@H]1O[C@H](CO)[C@@H](O[C@@H]2O[C@H](CO)[C@H](O)[C@H](O)[C@H]2O)[C@H](O)[C@H]1O. The van der Waals surface area contributed by atoms with Gasteiger partial charge in [-0.2, -0.15) is 0 Å². The molecule has 2 heterocycles. The van der Waals surface area contributed by atoms with Gasteiger partial charge < -0.3 is 60.6 Å². The van der Waals surface area contributed by atoms with Gasteiger partial charge in [-0.1, -0.05) is 13.3 Å². The summed E-state index contributed by atoms with van der Waals surface area (Å²) in [7, 11) is 0. The van der Waals surface area contributed by atoms with Gasteiger partial charge in [0.1, 0.15) is 48.8 Å². The van der Waals surface area contributed by atoms with Crippen LogP contribution >= 0.6 is 12.2 Å². The largest absolute Gasteiger partial charge is 0.394 e. The second kappa shape index (κ2) is 11.8. The highest BCUT2D eigenvalue weighted by atomic mass is 32.1. The molecule has 12 nitrogen and oxygen atoms in total. The van der Waals surface area contributed by atoms with Crippen LogP contribution in [0.15, 0.2) is 0 Å². The monoisotopic (exact) mass is 456 g/mol. The molecule has 0 aromatic heterocycles.